The van der Waals surface area contributed by atoms with Crippen molar-refractivity contribution in [1.29, 1.82) is 5.26 Å². The van der Waals surface area contributed by atoms with Gasteiger partial charge in [-0.1, -0.05) is 35.5 Å². The zero-order valence-corrected chi connectivity index (χ0v) is 16.8. The van der Waals surface area contributed by atoms with Crippen LogP contribution < -0.4 is 5.32 Å². The zero-order chi connectivity index (χ0) is 19.4. The van der Waals surface area contributed by atoms with Gasteiger partial charge in [0.1, 0.15) is 0 Å². The minimum Gasteiger partial charge on any atom is -0.339 e. The van der Waals surface area contributed by atoms with Crippen molar-refractivity contribution in [3.63, 3.8) is 0 Å². The summed E-state index contributed by atoms with van der Waals surface area (Å²) in [6, 6.07) is 9.68. The number of rotatable bonds is 4. The summed E-state index contributed by atoms with van der Waals surface area (Å²) in [6.45, 7) is 2.85. The van der Waals surface area contributed by atoms with Crippen LogP contribution in [0, 0.1) is 11.3 Å². The number of hydrogen-bond donors (Lipinski definition) is 1. The Morgan fingerprint density at radius 3 is 2.78 bits per heavy atom. The summed E-state index contributed by atoms with van der Waals surface area (Å²) in [5, 5.41) is 13.6. The lowest BCUT2D eigenvalue weighted by Crippen LogP contribution is -2.43. The Morgan fingerprint density at radius 2 is 2.11 bits per heavy atom. The highest BCUT2D eigenvalue weighted by Crippen LogP contribution is 2.36. The Hall–Kier alpha value is -1.97. The lowest BCUT2D eigenvalue weighted by Gasteiger charge is -2.33. The third-order valence-corrected chi connectivity index (χ3v) is 6.35. The molecular formula is C20H22ClN3O2S. The van der Waals surface area contributed by atoms with Gasteiger partial charge in [-0.3, -0.25) is 9.59 Å². The van der Waals surface area contributed by atoms with Crippen LogP contribution in [0.15, 0.2) is 34.9 Å². The number of thioether (sulfide) groups is 1. The zero-order valence-electron chi connectivity index (χ0n) is 15.2. The summed E-state index contributed by atoms with van der Waals surface area (Å²) in [5.41, 5.74) is 1.38. The average Bonchev–Trinajstić information content (AvgIpc) is 2.66. The second-order valence-corrected chi connectivity index (χ2v) is 8.35. The SMILES string of the molecule is C[C@@H]1CCCCN1C(=O)CSC1=C(C#N)[C@H](c2ccc(Cl)cc2)CC(=O)N1. The van der Waals surface area contributed by atoms with Crippen LogP contribution in [-0.4, -0.2) is 35.1 Å². The molecule has 2 atom stereocenters. The number of nitriles is 1. The number of hydrogen-bond acceptors (Lipinski definition) is 4. The summed E-state index contributed by atoms with van der Waals surface area (Å²) in [5.74, 6) is -0.180. The van der Waals surface area contributed by atoms with Crippen LogP contribution in [0.25, 0.3) is 0 Å². The highest BCUT2D eigenvalue weighted by molar-refractivity contribution is 8.03. The summed E-state index contributed by atoms with van der Waals surface area (Å²) < 4.78 is 0. The number of halogens is 1. The fourth-order valence-corrected chi connectivity index (χ4v) is 4.69. The van der Waals surface area contributed by atoms with E-state index in [1.165, 1.54) is 11.8 Å². The van der Waals surface area contributed by atoms with Crippen LogP contribution >= 0.6 is 23.4 Å². The second kappa shape index (κ2) is 8.81. The molecule has 1 fully saturated rings. The molecular weight excluding hydrogens is 382 g/mol. The number of amides is 2. The second-order valence-electron chi connectivity index (χ2n) is 6.93. The first-order chi connectivity index (χ1) is 13.0. The van der Waals surface area contributed by atoms with Crippen LogP contribution in [-0.2, 0) is 9.59 Å². The molecule has 2 amide bonds. The van der Waals surface area contributed by atoms with Crippen LogP contribution in [0.1, 0.15) is 44.1 Å². The van der Waals surface area contributed by atoms with E-state index in [1.807, 2.05) is 17.0 Å². The van der Waals surface area contributed by atoms with E-state index in [1.54, 1.807) is 12.1 Å². The number of carbonyl (C=O) groups excluding carboxylic acids is 2. The van der Waals surface area contributed by atoms with Crippen LogP contribution in [0.5, 0.6) is 0 Å². The number of piperidine rings is 1. The van der Waals surface area contributed by atoms with E-state index in [2.05, 4.69) is 18.3 Å². The fraction of sp³-hybridized carbons (Fsp3) is 0.450. The molecule has 0 unspecified atom stereocenters. The number of allylic oxidation sites excluding steroid dienone is 1. The molecule has 0 radical (unpaired) electrons. The van der Waals surface area contributed by atoms with Crippen molar-refractivity contribution in [1.82, 2.24) is 10.2 Å². The van der Waals surface area contributed by atoms with Gasteiger partial charge in [-0.2, -0.15) is 5.26 Å². The van der Waals surface area contributed by atoms with Gasteiger partial charge in [0.05, 0.1) is 22.4 Å². The molecule has 7 heteroatoms. The van der Waals surface area contributed by atoms with Crippen molar-refractivity contribution in [2.75, 3.05) is 12.3 Å². The first-order valence-electron chi connectivity index (χ1n) is 9.11. The minimum atomic E-state index is -0.312. The summed E-state index contributed by atoms with van der Waals surface area (Å²) in [6.07, 6.45) is 3.42. The molecule has 0 saturated carbocycles. The molecule has 5 nitrogen and oxygen atoms in total. The molecule has 0 aromatic heterocycles. The molecule has 27 heavy (non-hydrogen) atoms. The van der Waals surface area contributed by atoms with E-state index in [0.717, 1.165) is 31.4 Å². The number of likely N-dealkylation sites (tertiary alicyclic amines) is 1. The molecule has 1 aromatic carbocycles. The highest BCUT2D eigenvalue weighted by Gasteiger charge is 2.30. The van der Waals surface area contributed by atoms with E-state index in [9.17, 15) is 14.9 Å². The van der Waals surface area contributed by atoms with E-state index in [4.69, 9.17) is 11.6 Å². The molecule has 2 heterocycles. The quantitative estimate of drug-likeness (QED) is 0.829. The predicted octanol–water partition coefficient (Wildman–Crippen LogP) is 3.81. The molecule has 2 aliphatic heterocycles. The van der Waals surface area contributed by atoms with Crippen molar-refractivity contribution in [2.45, 2.75) is 44.6 Å². The standard InChI is InChI=1S/C20H22ClN3O2S/c1-13-4-2-3-9-24(13)19(26)12-27-20-17(11-22)16(10-18(25)23-20)14-5-7-15(21)8-6-14/h5-8,13,16H,2-4,9-10,12H2,1H3,(H,23,25)/t13-,16+/m1/s1. The Labute approximate surface area is 168 Å². The smallest absolute Gasteiger partial charge is 0.233 e. The molecule has 0 spiro atoms. The predicted molar refractivity (Wildman–Crippen MR) is 107 cm³/mol. The van der Waals surface area contributed by atoms with Crippen LogP contribution in [0.3, 0.4) is 0 Å². The van der Waals surface area contributed by atoms with Crippen LogP contribution in [0.2, 0.25) is 5.02 Å². The van der Waals surface area contributed by atoms with Gasteiger partial charge in [0.2, 0.25) is 11.8 Å². The van der Waals surface area contributed by atoms with E-state index >= 15 is 0 Å². The van der Waals surface area contributed by atoms with Gasteiger partial charge in [-0.25, -0.2) is 0 Å². The van der Waals surface area contributed by atoms with Gasteiger partial charge >= 0.3 is 0 Å². The van der Waals surface area contributed by atoms with Gasteiger partial charge in [-0.05, 0) is 43.9 Å². The number of benzene rings is 1. The summed E-state index contributed by atoms with van der Waals surface area (Å²) in [4.78, 5) is 26.7. The Morgan fingerprint density at radius 1 is 1.37 bits per heavy atom. The topological polar surface area (TPSA) is 73.2 Å². The number of nitrogens with zero attached hydrogens (tertiary/aromatic N) is 2. The van der Waals surface area contributed by atoms with Crippen molar-refractivity contribution in [2.24, 2.45) is 0 Å². The van der Waals surface area contributed by atoms with E-state index in [0.29, 0.717) is 15.6 Å². The molecule has 0 aliphatic carbocycles. The van der Waals surface area contributed by atoms with Gasteiger partial charge in [0.25, 0.3) is 0 Å². The number of carbonyl (C=O) groups is 2. The van der Waals surface area contributed by atoms with Crippen molar-refractivity contribution < 1.29 is 9.59 Å². The van der Waals surface area contributed by atoms with Gasteiger partial charge < -0.3 is 10.2 Å². The third-order valence-electron chi connectivity index (χ3n) is 5.09. The number of nitrogens with one attached hydrogen (secondary N) is 1. The lowest BCUT2D eigenvalue weighted by molar-refractivity contribution is -0.131. The maximum atomic E-state index is 12.6. The van der Waals surface area contributed by atoms with E-state index < -0.39 is 0 Å². The maximum Gasteiger partial charge on any atom is 0.233 e. The fourth-order valence-electron chi connectivity index (χ4n) is 3.60. The molecule has 2 aliphatic rings. The normalized spacial score (nSPS) is 23.0. The molecule has 1 N–H and O–H groups in total. The monoisotopic (exact) mass is 403 g/mol. The summed E-state index contributed by atoms with van der Waals surface area (Å²) >= 11 is 7.19. The van der Waals surface area contributed by atoms with Gasteiger partial charge in [-0.15, -0.1) is 0 Å². The van der Waals surface area contributed by atoms with Crippen molar-refractivity contribution >= 4 is 35.2 Å². The molecule has 1 aromatic rings. The van der Waals surface area contributed by atoms with Gasteiger partial charge in [0, 0.05) is 29.9 Å². The first-order valence-corrected chi connectivity index (χ1v) is 10.5. The molecule has 1 saturated heterocycles. The maximum absolute atomic E-state index is 12.6. The molecule has 3 rings (SSSR count). The Bertz CT molecular complexity index is 800. The van der Waals surface area contributed by atoms with E-state index in [-0.39, 0.29) is 35.9 Å². The Balaban J connectivity index is 1.77. The molecule has 0 bridgehead atoms. The first kappa shape index (κ1) is 19.8. The summed E-state index contributed by atoms with van der Waals surface area (Å²) in [7, 11) is 0. The highest BCUT2D eigenvalue weighted by atomic mass is 35.5. The lowest BCUT2D eigenvalue weighted by atomic mass is 9.87. The average molecular weight is 404 g/mol. The minimum absolute atomic E-state index is 0.0554. The van der Waals surface area contributed by atoms with Crippen molar-refractivity contribution in [3.8, 4) is 6.07 Å². The molecule has 142 valence electrons. The third kappa shape index (κ3) is 4.66. The van der Waals surface area contributed by atoms with Crippen molar-refractivity contribution in [3.05, 3.63) is 45.5 Å². The largest absolute Gasteiger partial charge is 0.339 e. The van der Waals surface area contributed by atoms with Crippen LogP contribution in [0.4, 0.5) is 0 Å². The Kier molecular flexibility index (Phi) is 6.46. The van der Waals surface area contributed by atoms with Gasteiger partial charge in [0.15, 0.2) is 0 Å².